The monoisotopic (exact) mass is 343 g/mol. The third-order valence-corrected chi connectivity index (χ3v) is 0. The van der Waals surface area contributed by atoms with Crippen molar-refractivity contribution in [2.45, 2.75) is 0 Å². The molecule has 0 bridgehead atoms. The summed E-state index contributed by atoms with van der Waals surface area (Å²) in [5, 5.41) is 0. The molecular weight excluding hydrogens is 347 g/mol. The molecule has 0 amide bonds. The molecule has 0 aromatic rings. The summed E-state index contributed by atoms with van der Waals surface area (Å²) in [6, 6.07) is 0. The summed E-state index contributed by atoms with van der Waals surface area (Å²) >= 11 is 0.757. The van der Waals surface area contributed by atoms with Crippen molar-refractivity contribution in [2.24, 2.45) is 0 Å². The van der Waals surface area contributed by atoms with Gasteiger partial charge in [0.25, 0.3) is 0 Å². The Hall–Kier alpha value is 5.26. The minimum atomic E-state index is 0. The molecule has 0 heterocycles. The predicted octanol–water partition coefficient (Wildman–Crippen LogP) is -17.0. The molecule has 0 atom stereocenters. The van der Waals surface area contributed by atoms with Crippen molar-refractivity contribution in [3.63, 3.8) is 0 Å². The van der Waals surface area contributed by atoms with Gasteiger partial charge in [0.2, 0.25) is 0 Å². The second-order valence-electron chi connectivity index (χ2n) is 0.0431. The Morgan fingerprint density at radius 2 is 0.800 bits per heavy atom. The van der Waals surface area contributed by atoms with Crippen LogP contribution in [0, 0.1) is 0 Å². The van der Waals surface area contributed by atoms with Crippen LogP contribution in [0.4, 0.5) is 0 Å². The average Bonchev–Trinajstić information content (AvgIpc) is 0.918. The maximum absolute atomic E-state index is 4.67. The predicted molar refractivity (Wildman–Crippen MR) is 17.5 cm³/mol. The molecule has 0 fully saturated rings. The molecule has 0 aliphatic rings. The first kappa shape index (κ1) is 58.9. The van der Waals surface area contributed by atoms with Crippen LogP contribution in [0.5, 0.6) is 0 Å². The maximum Gasteiger partial charge on any atom is 2.00 e. The smallest absolute Gasteiger partial charge is 1.00 e. The minimum Gasteiger partial charge on any atom is 1.00 e. The first-order valence-corrected chi connectivity index (χ1v) is 2.82. The van der Waals surface area contributed by atoms with E-state index in [-0.39, 0.29) is 143 Å². The van der Waals surface area contributed by atoms with E-state index >= 15 is 0 Å². The van der Waals surface area contributed by atoms with Crippen molar-refractivity contribution < 1.29 is 133 Å². The van der Waals surface area contributed by atoms with Gasteiger partial charge in [-0.25, -0.2) is 0 Å². The first-order chi connectivity index (χ1) is 1.41. The molecule has 0 radical (unpaired) electrons. The molecule has 10 heteroatoms. The topological polar surface area (TPSA) is 0 Å². The Morgan fingerprint density at radius 1 is 0.800 bits per heavy atom. The van der Waals surface area contributed by atoms with E-state index in [9.17, 15) is 0 Å². The number of hydrogen-bond acceptors (Lipinski definition) is 0. The third kappa shape index (κ3) is 72.0. The van der Waals surface area contributed by atoms with Gasteiger partial charge < -0.3 is 49.6 Å². The van der Waals surface area contributed by atoms with Crippen LogP contribution in [0.15, 0.2) is 0 Å². The van der Waals surface area contributed by atoms with E-state index in [0.29, 0.717) is 0 Å². The summed E-state index contributed by atoms with van der Waals surface area (Å²) in [6.07, 6.45) is 0. The quantitative estimate of drug-likeness (QED) is 0.382. The van der Waals surface area contributed by atoms with Crippen LogP contribution in [-0.4, -0.2) is 23.1 Å². The standard InChI is InChI=1S/6ClH.Cu.K.Li.Mg/h6*1H;;;;/q;;;;;;+2;2*+1;+2/p-6. The van der Waals surface area contributed by atoms with E-state index in [4.69, 9.17) is 0 Å². The molecule has 0 unspecified atom stereocenters. The Balaban J connectivity index is -0.000000000952. The van der Waals surface area contributed by atoms with Crippen molar-refractivity contribution in [2.75, 3.05) is 0 Å². The molecule has 0 rings (SSSR count). The Labute approximate surface area is 172 Å². The molecular formula is Cl6CuKLiMg. The summed E-state index contributed by atoms with van der Waals surface area (Å²) in [5.41, 5.74) is 0. The van der Waals surface area contributed by atoms with E-state index in [1.54, 1.807) is 0 Å². The van der Waals surface area contributed by atoms with Crippen molar-refractivity contribution in [3.05, 3.63) is 0 Å². The van der Waals surface area contributed by atoms with E-state index in [1.165, 1.54) is 0 Å². The number of rotatable bonds is 0. The Bertz CT molecular complexity index is 17.7. The number of hydrogen-bond donors (Lipinski definition) is 0. The van der Waals surface area contributed by atoms with Crippen LogP contribution in [-0.2, 0) is 13.1 Å². The van der Waals surface area contributed by atoms with E-state index in [2.05, 4.69) is 20.2 Å². The van der Waals surface area contributed by atoms with Crippen molar-refractivity contribution in [3.8, 4) is 0 Å². The Kier molecular flexibility index (Phi) is 377. The van der Waals surface area contributed by atoms with E-state index in [1.807, 2.05) is 0 Å². The summed E-state index contributed by atoms with van der Waals surface area (Å²) in [5.74, 6) is 0. The van der Waals surface area contributed by atoms with Gasteiger partial charge in [-0.15, -0.1) is 0 Å². The average molecular weight is 347 g/mol. The molecule has 0 saturated carbocycles. The van der Waals surface area contributed by atoms with Gasteiger partial charge in [0, 0.05) is 0 Å². The Morgan fingerprint density at radius 3 is 0.800 bits per heavy atom. The van der Waals surface area contributed by atoms with Crippen LogP contribution < -0.4 is 120 Å². The third-order valence-electron chi connectivity index (χ3n) is 0. The van der Waals surface area contributed by atoms with Crippen LogP contribution >= 0.6 is 20.2 Å². The van der Waals surface area contributed by atoms with E-state index in [0.717, 1.165) is 13.1 Å². The molecule has 0 N–H and O–H groups in total. The van der Waals surface area contributed by atoms with Gasteiger partial charge in [-0.1, -0.05) is 0 Å². The van der Waals surface area contributed by atoms with Crippen LogP contribution in [0.1, 0.15) is 0 Å². The molecule has 0 nitrogen and oxygen atoms in total. The first-order valence-electron chi connectivity index (χ1n) is 0.228. The number of halogens is 6. The largest absolute Gasteiger partial charge is 2.00 e. The fraction of sp³-hybridized carbons (Fsp3) is 0. The van der Waals surface area contributed by atoms with Gasteiger partial charge in [-0.2, -0.15) is 0 Å². The zero-order valence-electron chi connectivity index (χ0n) is 5.28. The fourth-order valence-electron chi connectivity index (χ4n) is 0. The van der Waals surface area contributed by atoms with Crippen molar-refractivity contribution in [1.82, 2.24) is 0 Å². The zero-order valence-corrected chi connectivity index (χ0v) is 15.3. The second-order valence-corrected chi connectivity index (χ2v) is 1.60. The van der Waals surface area contributed by atoms with Gasteiger partial charge >= 0.3 is 127 Å². The second kappa shape index (κ2) is 64.0. The van der Waals surface area contributed by atoms with Crippen LogP contribution in [0.25, 0.3) is 0 Å². The molecule has 0 saturated heterocycles. The summed E-state index contributed by atoms with van der Waals surface area (Å²) < 4.78 is 0. The maximum atomic E-state index is 4.67. The molecule has 0 spiro atoms. The molecule has 57 valence electrons. The van der Waals surface area contributed by atoms with Crippen LogP contribution in [0.2, 0.25) is 0 Å². The summed E-state index contributed by atoms with van der Waals surface area (Å²) in [4.78, 5) is 0. The summed E-state index contributed by atoms with van der Waals surface area (Å²) in [7, 11) is 9.34. The van der Waals surface area contributed by atoms with E-state index < -0.39 is 0 Å². The molecule has 0 aliphatic carbocycles. The SMILES string of the molecule is [Cl-].[Cl-].[Cl-].[Cl-].[Cl][Cu][Cl].[K+].[Li+].[Mg+2]. The van der Waals surface area contributed by atoms with Gasteiger partial charge in [0.15, 0.2) is 0 Å². The minimum absolute atomic E-state index is 0. The van der Waals surface area contributed by atoms with Gasteiger partial charge in [-0.3, -0.25) is 0 Å². The summed E-state index contributed by atoms with van der Waals surface area (Å²) in [6.45, 7) is 0. The zero-order chi connectivity index (χ0) is 2.71. The molecule has 10 heavy (non-hydrogen) atoms. The van der Waals surface area contributed by atoms with Gasteiger partial charge in [0.05, 0.1) is 0 Å². The van der Waals surface area contributed by atoms with Crippen molar-refractivity contribution in [1.29, 1.82) is 0 Å². The fourth-order valence-corrected chi connectivity index (χ4v) is 0. The normalized spacial score (nSPS) is 2.20. The van der Waals surface area contributed by atoms with Gasteiger partial charge in [-0.05, 0) is 0 Å². The van der Waals surface area contributed by atoms with Gasteiger partial charge in [0.1, 0.15) is 0 Å². The molecule has 0 aromatic heterocycles. The van der Waals surface area contributed by atoms with Crippen molar-refractivity contribution >= 4 is 43.2 Å². The molecule has 0 aromatic carbocycles. The molecule has 0 aliphatic heterocycles. The van der Waals surface area contributed by atoms with Crippen LogP contribution in [0.3, 0.4) is 0 Å².